The quantitative estimate of drug-likeness (QED) is 0.661. The molecule has 2 heterocycles. The first-order valence-electron chi connectivity index (χ1n) is 9.87. The van der Waals surface area contributed by atoms with E-state index in [0.717, 1.165) is 18.4 Å². The summed E-state index contributed by atoms with van der Waals surface area (Å²) in [7, 11) is 3.29. The molecule has 1 saturated heterocycles. The molecular formula is C20H34N2O5. The van der Waals surface area contributed by atoms with E-state index in [1.54, 1.807) is 14.2 Å². The van der Waals surface area contributed by atoms with Gasteiger partial charge in [0.15, 0.2) is 0 Å². The van der Waals surface area contributed by atoms with E-state index in [-0.39, 0.29) is 24.4 Å². The topological polar surface area (TPSA) is 71.5 Å². The van der Waals surface area contributed by atoms with Crippen LogP contribution in [0.3, 0.4) is 0 Å². The Morgan fingerprint density at radius 3 is 2.44 bits per heavy atom. The predicted molar refractivity (Wildman–Crippen MR) is 103 cm³/mol. The maximum absolute atomic E-state index is 13.2. The Morgan fingerprint density at radius 1 is 1.30 bits per heavy atom. The van der Waals surface area contributed by atoms with E-state index >= 15 is 0 Å². The van der Waals surface area contributed by atoms with E-state index in [4.69, 9.17) is 14.4 Å². The highest BCUT2D eigenvalue weighted by molar-refractivity contribution is 6.01. The zero-order chi connectivity index (χ0) is 20.0. The van der Waals surface area contributed by atoms with Gasteiger partial charge in [0.2, 0.25) is 0 Å². The molecule has 1 unspecified atom stereocenters. The third-order valence-corrected chi connectivity index (χ3v) is 5.66. The number of carbonyl (C=O) groups excluding carboxylic acids is 1. The molecule has 1 amide bonds. The average molecular weight is 383 g/mol. The Morgan fingerprint density at radius 2 is 1.96 bits per heavy atom. The molecule has 27 heavy (non-hydrogen) atoms. The number of aliphatic hydroxyl groups excluding tert-OH is 1. The number of allylic oxidation sites excluding steroid dienone is 1. The number of carbonyl (C=O) groups is 1. The molecule has 1 fully saturated rings. The van der Waals surface area contributed by atoms with E-state index in [1.807, 2.05) is 25.0 Å². The number of methoxy groups -OCH3 is 1. The Kier molecular flexibility index (Phi) is 7.85. The molecule has 1 N–H and O–H groups in total. The maximum atomic E-state index is 13.2. The van der Waals surface area contributed by atoms with Crippen LogP contribution in [0.15, 0.2) is 23.0 Å². The number of aliphatic hydroxyl groups is 1. The first-order chi connectivity index (χ1) is 13.0. The van der Waals surface area contributed by atoms with Crippen LogP contribution in [-0.4, -0.2) is 66.7 Å². The fourth-order valence-electron chi connectivity index (χ4n) is 3.95. The molecule has 0 aromatic carbocycles. The summed E-state index contributed by atoms with van der Waals surface area (Å²) in [6, 6.07) is 0. The Balaban J connectivity index is 2.32. The highest BCUT2D eigenvalue weighted by atomic mass is 16.7. The van der Waals surface area contributed by atoms with Gasteiger partial charge in [-0.3, -0.25) is 9.63 Å². The Hall–Kier alpha value is -1.41. The van der Waals surface area contributed by atoms with Crippen molar-refractivity contribution in [2.75, 3.05) is 33.9 Å². The lowest BCUT2D eigenvalue weighted by Crippen LogP contribution is -2.55. The SMILES string of the molecule is C/C=C(/CC)C1=C(O)C2(CCN(OC)CC2)N(OCC(CCC)OC)C1=O. The third-order valence-electron chi connectivity index (χ3n) is 5.66. The lowest BCUT2D eigenvalue weighted by Gasteiger charge is -2.43. The van der Waals surface area contributed by atoms with Gasteiger partial charge in [0.25, 0.3) is 5.91 Å². The van der Waals surface area contributed by atoms with E-state index in [1.165, 1.54) is 5.06 Å². The van der Waals surface area contributed by atoms with Gasteiger partial charge < -0.3 is 14.7 Å². The minimum absolute atomic E-state index is 0.0857. The molecule has 2 rings (SSSR count). The molecule has 1 spiro atoms. The summed E-state index contributed by atoms with van der Waals surface area (Å²) in [6.07, 6.45) is 5.40. The summed E-state index contributed by atoms with van der Waals surface area (Å²) in [4.78, 5) is 24.5. The van der Waals surface area contributed by atoms with E-state index in [9.17, 15) is 9.90 Å². The van der Waals surface area contributed by atoms with E-state index < -0.39 is 5.54 Å². The molecule has 0 aliphatic carbocycles. The van der Waals surface area contributed by atoms with Gasteiger partial charge in [0, 0.05) is 20.2 Å². The van der Waals surface area contributed by atoms with Gasteiger partial charge in [-0.25, -0.2) is 5.06 Å². The van der Waals surface area contributed by atoms with Crippen molar-refractivity contribution in [3.63, 3.8) is 0 Å². The zero-order valence-corrected chi connectivity index (χ0v) is 17.3. The third kappa shape index (κ3) is 4.21. The van der Waals surface area contributed by atoms with Crippen LogP contribution in [0.2, 0.25) is 0 Å². The summed E-state index contributed by atoms with van der Waals surface area (Å²) in [5, 5.41) is 14.4. The standard InChI is InChI=1S/C20H34N2O5/c1-6-9-16(25-4)14-27-22-19(24)17(15(7-2)8-3)18(23)20(22)10-12-21(26-5)13-11-20/h7,16,23H,6,8-14H2,1-5H3/b15-7-. The van der Waals surface area contributed by atoms with Crippen molar-refractivity contribution in [3.8, 4) is 0 Å². The largest absolute Gasteiger partial charge is 0.509 e. The fraction of sp³-hybridized carbons (Fsp3) is 0.750. The molecular weight excluding hydrogens is 348 g/mol. The Labute approximate surface area is 162 Å². The van der Waals surface area contributed by atoms with Gasteiger partial charge in [0.05, 0.1) is 18.8 Å². The summed E-state index contributed by atoms with van der Waals surface area (Å²) >= 11 is 0. The lowest BCUT2D eigenvalue weighted by molar-refractivity contribution is -0.241. The maximum Gasteiger partial charge on any atom is 0.282 e. The molecule has 7 heteroatoms. The fourth-order valence-corrected chi connectivity index (χ4v) is 3.95. The zero-order valence-electron chi connectivity index (χ0n) is 17.3. The molecule has 1 atom stereocenters. The normalized spacial score (nSPS) is 22.2. The molecule has 2 aliphatic heterocycles. The Bertz CT molecular complexity index is 579. The average Bonchev–Trinajstić information content (AvgIpc) is 2.88. The van der Waals surface area contributed by atoms with Crippen LogP contribution in [0.25, 0.3) is 0 Å². The van der Waals surface area contributed by atoms with E-state index in [2.05, 4.69) is 6.92 Å². The van der Waals surface area contributed by atoms with Crippen molar-refractivity contribution >= 4 is 5.91 Å². The van der Waals surface area contributed by atoms with Crippen LogP contribution in [0.1, 0.15) is 52.9 Å². The monoisotopic (exact) mass is 382 g/mol. The van der Waals surface area contributed by atoms with Crippen molar-refractivity contribution < 1.29 is 24.3 Å². The highest BCUT2D eigenvalue weighted by Gasteiger charge is 2.55. The number of amides is 1. The van der Waals surface area contributed by atoms with Crippen LogP contribution >= 0.6 is 0 Å². The van der Waals surface area contributed by atoms with E-state index in [0.29, 0.717) is 37.9 Å². The number of hydrogen-bond acceptors (Lipinski definition) is 6. The molecule has 0 radical (unpaired) electrons. The number of hydrogen-bond donors (Lipinski definition) is 1. The van der Waals surface area contributed by atoms with Crippen molar-refractivity contribution in [3.05, 3.63) is 23.0 Å². The van der Waals surface area contributed by atoms with Crippen LogP contribution in [0.4, 0.5) is 0 Å². The van der Waals surface area contributed by atoms with Gasteiger partial charge in [-0.15, -0.1) is 0 Å². The number of nitrogens with zero attached hydrogens (tertiary/aromatic N) is 2. The summed E-state index contributed by atoms with van der Waals surface area (Å²) in [5.74, 6) is -0.137. The van der Waals surface area contributed by atoms with Crippen molar-refractivity contribution in [2.45, 2.75) is 64.5 Å². The van der Waals surface area contributed by atoms with Gasteiger partial charge in [-0.05, 0) is 38.2 Å². The predicted octanol–water partition coefficient (Wildman–Crippen LogP) is 3.14. The van der Waals surface area contributed by atoms with Crippen molar-refractivity contribution in [1.82, 2.24) is 10.1 Å². The van der Waals surface area contributed by atoms with Gasteiger partial charge in [-0.2, -0.15) is 5.06 Å². The molecule has 0 bridgehead atoms. The van der Waals surface area contributed by atoms with Crippen molar-refractivity contribution in [2.24, 2.45) is 0 Å². The highest BCUT2D eigenvalue weighted by Crippen LogP contribution is 2.44. The molecule has 0 aromatic heterocycles. The summed E-state index contributed by atoms with van der Waals surface area (Å²) in [6.45, 7) is 7.46. The van der Waals surface area contributed by atoms with Gasteiger partial charge >= 0.3 is 0 Å². The van der Waals surface area contributed by atoms with Crippen LogP contribution in [-0.2, 0) is 19.2 Å². The first-order valence-corrected chi connectivity index (χ1v) is 9.87. The second-order valence-electron chi connectivity index (χ2n) is 7.08. The second kappa shape index (κ2) is 9.68. The smallest absolute Gasteiger partial charge is 0.282 e. The van der Waals surface area contributed by atoms with Crippen LogP contribution in [0.5, 0.6) is 0 Å². The molecule has 7 nitrogen and oxygen atoms in total. The molecule has 154 valence electrons. The molecule has 0 saturated carbocycles. The van der Waals surface area contributed by atoms with Crippen LogP contribution in [0, 0.1) is 0 Å². The minimum atomic E-state index is -0.838. The van der Waals surface area contributed by atoms with Gasteiger partial charge in [0.1, 0.15) is 17.9 Å². The summed E-state index contributed by atoms with van der Waals surface area (Å²) < 4.78 is 5.46. The number of piperidine rings is 1. The van der Waals surface area contributed by atoms with Gasteiger partial charge in [-0.1, -0.05) is 26.3 Å². The second-order valence-corrected chi connectivity index (χ2v) is 7.08. The van der Waals surface area contributed by atoms with Crippen LogP contribution < -0.4 is 0 Å². The lowest BCUT2D eigenvalue weighted by atomic mass is 9.85. The number of hydroxylamine groups is 4. The first kappa shape index (κ1) is 21.9. The van der Waals surface area contributed by atoms with Crippen molar-refractivity contribution in [1.29, 1.82) is 0 Å². The molecule has 0 aromatic rings. The molecule has 2 aliphatic rings. The summed E-state index contributed by atoms with van der Waals surface area (Å²) in [5.41, 5.74) is 0.388. The minimum Gasteiger partial charge on any atom is -0.509 e. The number of ether oxygens (including phenoxy) is 1. The number of rotatable bonds is 9.